The minimum absolute atomic E-state index is 0.384. The lowest BCUT2D eigenvalue weighted by atomic mass is 10.3. The van der Waals surface area contributed by atoms with Crippen molar-refractivity contribution in [3.8, 4) is 5.69 Å². The summed E-state index contributed by atoms with van der Waals surface area (Å²) in [6.07, 6.45) is -3.45. The van der Waals surface area contributed by atoms with Crippen molar-refractivity contribution in [2.24, 2.45) is 0 Å². The van der Waals surface area contributed by atoms with Crippen LogP contribution in [0.2, 0.25) is 0 Å². The zero-order valence-corrected chi connectivity index (χ0v) is 7.44. The van der Waals surface area contributed by atoms with E-state index in [0.29, 0.717) is 5.69 Å². The van der Waals surface area contributed by atoms with Crippen molar-refractivity contribution >= 4 is 0 Å². The average molecular weight is 213 g/mol. The van der Waals surface area contributed by atoms with Crippen LogP contribution in [0.25, 0.3) is 5.69 Å². The summed E-state index contributed by atoms with van der Waals surface area (Å²) in [4.78, 5) is 0. The van der Waals surface area contributed by atoms with E-state index >= 15 is 0 Å². The van der Waals surface area contributed by atoms with Gasteiger partial charge in [0.2, 0.25) is 5.82 Å². The molecule has 0 saturated heterocycles. The standard InChI is InChI=1S/C9H6F3N3/c10-9(11,12)8-14-13-6-15(8)7-4-2-1-3-5-7/h1-6H. The Morgan fingerprint density at radius 3 is 2.33 bits per heavy atom. The molecule has 1 aromatic carbocycles. The Kier molecular flexibility index (Phi) is 2.18. The van der Waals surface area contributed by atoms with E-state index in [1.165, 1.54) is 0 Å². The van der Waals surface area contributed by atoms with Gasteiger partial charge in [-0.05, 0) is 12.1 Å². The van der Waals surface area contributed by atoms with Crippen LogP contribution in [-0.2, 0) is 6.18 Å². The van der Waals surface area contributed by atoms with Gasteiger partial charge in [-0.15, -0.1) is 10.2 Å². The van der Waals surface area contributed by atoms with Crippen molar-refractivity contribution < 1.29 is 13.2 Å². The molecule has 0 fully saturated rings. The van der Waals surface area contributed by atoms with Gasteiger partial charge in [-0.3, -0.25) is 4.57 Å². The SMILES string of the molecule is FC(F)(F)c1nncn1-c1ccccc1. The fraction of sp³-hybridized carbons (Fsp3) is 0.111. The first kappa shape index (κ1) is 9.70. The topological polar surface area (TPSA) is 30.7 Å². The quantitative estimate of drug-likeness (QED) is 0.727. The molecule has 0 saturated carbocycles. The van der Waals surface area contributed by atoms with Crippen LogP contribution in [0, 0.1) is 0 Å². The summed E-state index contributed by atoms with van der Waals surface area (Å²) in [5.74, 6) is -1.02. The fourth-order valence-electron chi connectivity index (χ4n) is 1.21. The van der Waals surface area contributed by atoms with Crippen molar-refractivity contribution in [2.45, 2.75) is 6.18 Å². The zero-order valence-electron chi connectivity index (χ0n) is 7.44. The van der Waals surface area contributed by atoms with Gasteiger partial charge in [-0.25, -0.2) is 0 Å². The molecule has 0 unspecified atom stereocenters. The molecule has 0 radical (unpaired) electrons. The summed E-state index contributed by atoms with van der Waals surface area (Å²) in [5.41, 5.74) is 0.384. The van der Waals surface area contributed by atoms with E-state index in [-0.39, 0.29) is 0 Å². The number of rotatable bonds is 1. The van der Waals surface area contributed by atoms with Crippen molar-refractivity contribution in [2.75, 3.05) is 0 Å². The summed E-state index contributed by atoms with van der Waals surface area (Å²) in [5, 5.41) is 6.31. The van der Waals surface area contributed by atoms with Crippen LogP contribution in [0.3, 0.4) is 0 Å². The summed E-state index contributed by atoms with van der Waals surface area (Å²) < 4.78 is 38.2. The Hall–Kier alpha value is -1.85. The highest BCUT2D eigenvalue weighted by Gasteiger charge is 2.37. The molecule has 0 amide bonds. The zero-order chi connectivity index (χ0) is 10.9. The largest absolute Gasteiger partial charge is 0.452 e. The third-order valence-electron chi connectivity index (χ3n) is 1.84. The second-order valence-electron chi connectivity index (χ2n) is 2.86. The first-order valence-corrected chi connectivity index (χ1v) is 4.11. The highest BCUT2D eigenvalue weighted by Crippen LogP contribution is 2.28. The van der Waals surface area contributed by atoms with Gasteiger partial charge in [0.25, 0.3) is 0 Å². The Labute approximate surface area is 83.2 Å². The molecule has 0 atom stereocenters. The molecule has 2 aromatic rings. The second-order valence-corrected chi connectivity index (χ2v) is 2.86. The monoisotopic (exact) mass is 213 g/mol. The predicted octanol–water partition coefficient (Wildman–Crippen LogP) is 2.29. The van der Waals surface area contributed by atoms with Gasteiger partial charge in [0.1, 0.15) is 6.33 Å². The number of alkyl halides is 3. The molecule has 3 nitrogen and oxygen atoms in total. The maximum Gasteiger partial charge on any atom is 0.452 e. The molecular formula is C9H6F3N3. The van der Waals surface area contributed by atoms with Crippen LogP contribution in [0.5, 0.6) is 0 Å². The number of hydrogen-bond acceptors (Lipinski definition) is 2. The van der Waals surface area contributed by atoms with Crippen LogP contribution in [0.4, 0.5) is 13.2 Å². The number of halogens is 3. The fourth-order valence-corrected chi connectivity index (χ4v) is 1.21. The van der Waals surface area contributed by atoms with E-state index in [9.17, 15) is 13.2 Å². The molecule has 0 N–H and O–H groups in total. The summed E-state index contributed by atoms with van der Waals surface area (Å²) in [6.45, 7) is 0. The van der Waals surface area contributed by atoms with Crippen molar-refractivity contribution in [3.63, 3.8) is 0 Å². The molecule has 1 aromatic heterocycles. The molecule has 0 aliphatic rings. The Balaban J connectivity index is 2.51. The predicted molar refractivity (Wildman–Crippen MR) is 46.4 cm³/mol. The molecule has 0 spiro atoms. The lowest BCUT2D eigenvalue weighted by Gasteiger charge is -2.08. The molecular weight excluding hydrogens is 207 g/mol. The van der Waals surface area contributed by atoms with Gasteiger partial charge in [-0.1, -0.05) is 18.2 Å². The van der Waals surface area contributed by atoms with Gasteiger partial charge in [0.05, 0.1) is 0 Å². The summed E-state index contributed by atoms with van der Waals surface area (Å²) >= 11 is 0. The van der Waals surface area contributed by atoms with Crippen LogP contribution < -0.4 is 0 Å². The molecule has 0 bridgehead atoms. The maximum atomic E-state index is 12.4. The van der Waals surface area contributed by atoms with Crippen LogP contribution >= 0.6 is 0 Å². The van der Waals surface area contributed by atoms with Crippen LogP contribution in [-0.4, -0.2) is 14.8 Å². The van der Waals surface area contributed by atoms with E-state index in [4.69, 9.17) is 0 Å². The third kappa shape index (κ3) is 1.83. The molecule has 0 aliphatic heterocycles. The molecule has 15 heavy (non-hydrogen) atoms. The molecule has 1 heterocycles. The highest BCUT2D eigenvalue weighted by atomic mass is 19.4. The lowest BCUT2D eigenvalue weighted by Crippen LogP contribution is -2.13. The third-order valence-corrected chi connectivity index (χ3v) is 1.84. The van der Waals surface area contributed by atoms with Gasteiger partial charge >= 0.3 is 6.18 Å². The minimum atomic E-state index is -4.49. The number of para-hydroxylation sites is 1. The Bertz CT molecular complexity index is 447. The van der Waals surface area contributed by atoms with Gasteiger partial charge < -0.3 is 0 Å². The second kappa shape index (κ2) is 3.38. The Morgan fingerprint density at radius 1 is 1.07 bits per heavy atom. The summed E-state index contributed by atoms with van der Waals surface area (Å²) in [7, 11) is 0. The minimum Gasteiger partial charge on any atom is -0.278 e. The van der Waals surface area contributed by atoms with Gasteiger partial charge in [0.15, 0.2) is 0 Å². The maximum absolute atomic E-state index is 12.4. The van der Waals surface area contributed by atoms with E-state index in [1.54, 1.807) is 30.3 Å². The number of nitrogens with zero attached hydrogens (tertiary/aromatic N) is 3. The first-order valence-electron chi connectivity index (χ1n) is 4.11. The Morgan fingerprint density at radius 2 is 1.73 bits per heavy atom. The number of aromatic nitrogens is 3. The van der Waals surface area contributed by atoms with Crippen molar-refractivity contribution in [1.82, 2.24) is 14.8 Å². The van der Waals surface area contributed by atoms with Crippen molar-refractivity contribution in [3.05, 3.63) is 42.5 Å². The number of hydrogen-bond donors (Lipinski definition) is 0. The lowest BCUT2D eigenvalue weighted by molar-refractivity contribution is -0.146. The van der Waals surface area contributed by atoms with Crippen molar-refractivity contribution in [1.29, 1.82) is 0 Å². The van der Waals surface area contributed by atoms with E-state index in [0.717, 1.165) is 10.9 Å². The van der Waals surface area contributed by atoms with Gasteiger partial charge in [0, 0.05) is 5.69 Å². The molecule has 6 heteroatoms. The molecule has 0 aliphatic carbocycles. The number of benzene rings is 1. The van der Waals surface area contributed by atoms with Crippen LogP contribution in [0.1, 0.15) is 5.82 Å². The average Bonchev–Trinajstić information content (AvgIpc) is 2.67. The van der Waals surface area contributed by atoms with E-state index in [2.05, 4.69) is 10.2 Å². The van der Waals surface area contributed by atoms with Crippen LogP contribution in [0.15, 0.2) is 36.7 Å². The highest BCUT2D eigenvalue weighted by molar-refractivity contribution is 5.32. The van der Waals surface area contributed by atoms with Gasteiger partial charge in [-0.2, -0.15) is 13.2 Å². The normalized spacial score (nSPS) is 11.7. The van der Waals surface area contributed by atoms with E-state index in [1.807, 2.05) is 0 Å². The van der Waals surface area contributed by atoms with E-state index < -0.39 is 12.0 Å². The molecule has 78 valence electrons. The molecule has 2 rings (SSSR count). The first-order chi connectivity index (χ1) is 7.09. The summed E-state index contributed by atoms with van der Waals surface area (Å²) in [6, 6.07) is 8.13. The smallest absolute Gasteiger partial charge is 0.278 e.